The van der Waals surface area contributed by atoms with Gasteiger partial charge in [0.1, 0.15) is 5.82 Å². The largest absolute Gasteiger partial charge is 0.463 e. The van der Waals surface area contributed by atoms with E-state index >= 15 is 0 Å². The standard InChI is InChI=1S/C12H10F3N3O2/c13-12(14,15)8-3-5-9(6-4-8)18(11(19)20)17-7-1-2-10(17)16/h1-7H,16H2,(H,19,20). The number of nitrogen functional groups attached to an aromatic ring is 1. The fraction of sp³-hybridized carbons (Fsp3) is 0.0833. The summed E-state index contributed by atoms with van der Waals surface area (Å²) in [5.41, 5.74) is 4.79. The van der Waals surface area contributed by atoms with Crippen LogP contribution >= 0.6 is 0 Å². The first kappa shape index (κ1) is 13.8. The molecule has 1 aromatic carbocycles. The van der Waals surface area contributed by atoms with E-state index in [0.717, 1.165) is 34.0 Å². The van der Waals surface area contributed by atoms with Crippen LogP contribution in [0.5, 0.6) is 0 Å². The number of nitrogens with two attached hydrogens (primary N) is 1. The SMILES string of the molecule is Nc1cccn1N(C(=O)O)c1ccc(C(F)(F)F)cc1. The van der Waals surface area contributed by atoms with Crippen molar-refractivity contribution in [3.63, 3.8) is 0 Å². The average Bonchev–Trinajstić information content (AvgIpc) is 2.75. The Morgan fingerprint density at radius 1 is 1.20 bits per heavy atom. The Balaban J connectivity index is 2.42. The maximum absolute atomic E-state index is 12.5. The van der Waals surface area contributed by atoms with Gasteiger partial charge < -0.3 is 10.8 Å². The van der Waals surface area contributed by atoms with Crippen molar-refractivity contribution in [3.05, 3.63) is 48.2 Å². The van der Waals surface area contributed by atoms with E-state index in [0.29, 0.717) is 0 Å². The number of amides is 1. The summed E-state index contributed by atoms with van der Waals surface area (Å²) in [7, 11) is 0. The molecular formula is C12H10F3N3O2. The fourth-order valence-electron chi connectivity index (χ4n) is 1.69. The highest BCUT2D eigenvalue weighted by Crippen LogP contribution is 2.30. The third kappa shape index (κ3) is 2.53. The molecule has 2 aromatic rings. The topological polar surface area (TPSA) is 71.5 Å². The van der Waals surface area contributed by atoms with Crippen LogP contribution in [-0.4, -0.2) is 15.9 Å². The quantitative estimate of drug-likeness (QED) is 0.890. The molecule has 0 atom stereocenters. The number of rotatable bonds is 2. The minimum absolute atomic E-state index is 0.0494. The Bertz CT molecular complexity index is 620. The van der Waals surface area contributed by atoms with Gasteiger partial charge in [0.05, 0.1) is 11.3 Å². The molecule has 0 aliphatic rings. The third-order valence-electron chi connectivity index (χ3n) is 2.59. The lowest BCUT2D eigenvalue weighted by atomic mass is 10.2. The highest BCUT2D eigenvalue weighted by molar-refractivity contribution is 5.86. The van der Waals surface area contributed by atoms with Gasteiger partial charge in [-0.2, -0.15) is 18.2 Å². The zero-order valence-corrected chi connectivity index (χ0v) is 10.0. The van der Waals surface area contributed by atoms with Crippen LogP contribution in [0.25, 0.3) is 0 Å². The first-order valence-electron chi connectivity index (χ1n) is 5.44. The molecule has 0 spiro atoms. The van der Waals surface area contributed by atoms with Crippen molar-refractivity contribution >= 4 is 17.6 Å². The fourth-order valence-corrected chi connectivity index (χ4v) is 1.69. The van der Waals surface area contributed by atoms with Crippen LogP contribution in [0.1, 0.15) is 5.56 Å². The Morgan fingerprint density at radius 2 is 1.80 bits per heavy atom. The van der Waals surface area contributed by atoms with Crippen molar-refractivity contribution in [3.8, 4) is 0 Å². The van der Waals surface area contributed by atoms with Crippen molar-refractivity contribution in [2.24, 2.45) is 0 Å². The van der Waals surface area contributed by atoms with Gasteiger partial charge in [-0.15, -0.1) is 0 Å². The molecule has 0 fully saturated rings. The zero-order chi connectivity index (χ0) is 14.9. The predicted octanol–water partition coefficient (Wildman–Crippen LogP) is 3.04. The van der Waals surface area contributed by atoms with Crippen molar-refractivity contribution in [1.82, 2.24) is 4.68 Å². The van der Waals surface area contributed by atoms with Crippen molar-refractivity contribution < 1.29 is 23.1 Å². The molecule has 0 unspecified atom stereocenters. The molecule has 8 heteroatoms. The van der Waals surface area contributed by atoms with E-state index in [-0.39, 0.29) is 11.5 Å². The number of nitrogens with zero attached hydrogens (tertiary/aromatic N) is 2. The number of aromatic nitrogens is 1. The van der Waals surface area contributed by atoms with Crippen LogP contribution in [0.3, 0.4) is 0 Å². The van der Waals surface area contributed by atoms with Gasteiger partial charge in [-0.05, 0) is 36.4 Å². The van der Waals surface area contributed by atoms with E-state index in [1.54, 1.807) is 0 Å². The van der Waals surface area contributed by atoms with Crippen molar-refractivity contribution in [2.75, 3.05) is 10.7 Å². The highest BCUT2D eigenvalue weighted by atomic mass is 19.4. The molecule has 106 valence electrons. The lowest BCUT2D eigenvalue weighted by Gasteiger charge is -2.22. The minimum atomic E-state index is -4.47. The lowest BCUT2D eigenvalue weighted by molar-refractivity contribution is -0.137. The van der Waals surface area contributed by atoms with Crippen LogP contribution in [0.15, 0.2) is 42.6 Å². The number of hydrogen-bond donors (Lipinski definition) is 2. The van der Waals surface area contributed by atoms with Crippen LogP contribution in [0, 0.1) is 0 Å². The summed E-state index contributed by atoms with van der Waals surface area (Å²) >= 11 is 0. The Labute approximate surface area is 111 Å². The number of hydrogen-bond acceptors (Lipinski definition) is 2. The van der Waals surface area contributed by atoms with Crippen LogP contribution in [-0.2, 0) is 6.18 Å². The van der Waals surface area contributed by atoms with E-state index in [1.165, 1.54) is 18.3 Å². The highest BCUT2D eigenvalue weighted by Gasteiger charge is 2.30. The van der Waals surface area contributed by atoms with Crippen molar-refractivity contribution in [2.45, 2.75) is 6.18 Å². The van der Waals surface area contributed by atoms with Gasteiger partial charge >= 0.3 is 12.3 Å². The first-order chi connectivity index (χ1) is 9.30. The monoisotopic (exact) mass is 285 g/mol. The van der Waals surface area contributed by atoms with E-state index in [4.69, 9.17) is 5.73 Å². The second-order valence-corrected chi connectivity index (χ2v) is 3.92. The van der Waals surface area contributed by atoms with Gasteiger partial charge in [0, 0.05) is 6.20 Å². The van der Waals surface area contributed by atoms with E-state index in [2.05, 4.69) is 0 Å². The average molecular weight is 285 g/mol. The number of carbonyl (C=O) groups is 1. The summed E-state index contributed by atoms with van der Waals surface area (Å²) in [5.74, 6) is 0.146. The number of alkyl halides is 3. The molecule has 3 N–H and O–H groups in total. The lowest BCUT2D eigenvalue weighted by Crippen LogP contribution is -2.34. The number of anilines is 2. The molecule has 5 nitrogen and oxygen atoms in total. The summed E-state index contributed by atoms with van der Waals surface area (Å²) in [6.07, 6.45) is -4.45. The molecule has 1 aromatic heterocycles. The molecule has 1 heterocycles. The molecule has 0 aliphatic carbocycles. The smallest absolute Gasteiger partial charge is 0.431 e. The van der Waals surface area contributed by atoms with Gasteiger partial charge in [-0.25, -0.2) is 9.47 Å². The molecule has 0 aliphatic heterocycles. The molecule has 1 amide bonds. The van der Waals surface area contributed by atoms with Crippen LogP contribution in [0.2, 0.25) is 0 Å². The molecular weight excluding hydrogens is 275 g/mol. The molecule has 0 bridgehead atoms. The summed E-state index contributed by atoms with van der Waals surface area (Å²) in [6.45, 7) is 0. The molecule has 0 radical (unpaired) electrons. The molecule has 20 heavy (non-hydrogen) atoms. The summed E-state index contributed by atoms with van der Waals surface area (Å²) in [5, 5.41) is 9.92. The molecule has 2 rings (SSSR count). The van der Waals surface area contributed by atoms with E-state index < -0.39 is 17.8 Å². The second kappa shape index (κ2) is 4.80. The second-order valence-electron chi connectivity index (χ2n) is 3.92. The molecule has 0 saturated heterocycles. The third-order valence-corrected chi connectivity index (χ3v) is 2.59. The summed E-state index contributed by atoms with van der Waals surface area (Å²) in [4.78, 5) is 11.3. The summed E-state index contributed by atoms with van der Waals surface area (Å²) < 4.78 is 38.5. The first-order valence-corrected chi connectivity index (χ1v) is 5.44. The normalized spacial score (nSPS) is 11.3. The van der Waals surface area contributed by atoms with Crippen molar-refractivity contribution in [1.29, 1.82) is 0 Å². The maximum atomic E-state index is 12.5. The Morgan fingerprint density at radius 3 is 2.20 bits per heavy atom. The Kier molecular flexibility index (Phi) is 3.31. The van der Waals surface area contributed by atoms with Crippen LogP contribution < -0.4 is 10.7 Å². The maximum Gasteiger partial charge on any atom is 0.431 e. The number of carboxylic acid groups (broad SMARTS) is 1. The van der Waals surface area contributed by atoms with Crippen LogP contribution in [0.4, 0.5) is 29.5 Å². The van der Waals surface area contributed by atoms with Gasteiger partial charge in [0.25, 0.3) is 0 Å². The predicted molar refractivity (Wildman–Crippen MR) is 66.2 cm³/mol. The Hall–Kier alpha value is -2.64. The number of halogens is 3. The van der Waals surface area contributed by atoms with Gasteiger partial charge in [-0.3, -0.25) is 0 Å². The zero-order valence-electron chi connectivity index (χ0n) is 10.0. The van der Waals surface area contributed by atoms with Gasteiger partial charge in [0.2, 0.25) is 0 Å². The number of benzene rings is 1. The molecule has 0 saturated carbocycles. The van der Waals surface area contributed by atoms with Gasteiger partial charge in [-0.1, -0.05) is 0 Å². The summed E-state index contributed by atoms with van der Waals surface area (Å²) in [6, 6.07) is 6.75. The van der Waals surface area contributed by atoms with E-state index in [9.17, 15) is 23.1 Å². The minimum Gasteiger partial charge on any atom is -0.463 e. The van der Waals surface area contributed by atoms with E-state index in [1.807, 2.05) is 0 Å². The van der Waals surface area contributed by atoms with Gasteiger partial charge in [0.15, 0.2) is 0 Å².